The number of benzene rings is 1. The van der Waals surface area contributed by atoms with Gasteiger partial charge in [-0.2, -0.15) is 0 Å². The molecule has 1 fully saturated rings. The fourth-order valence-electron chi connectivity index (χ4n) is 3.32. The zero-order valence-corrected chi connectivity index (χ0v) is 14.8. The predicted octanol–water partition coefficient (Wildman–Crippen LogP) is 2.40. The van der Waals surface area contributed by atoms with Gasteiger partial charge < -0.3 is 9.64 Å². The molecule has 7 heteroatoms. The topological polar surface area (TPSA) is 77.3 Å². The second-order valence-electron chi connectivity index (χ2n) is 6.48. The number of carbonyl (C=O) groups excluding carboxylic acids is 2. The Labute approximate surface area is 146 Å². The summed E-state index contributed by atoms with van der Waals surface area (Å²) < 4.78 is 6.96. The molecule has 1 aromatic heterocycles. The number of aryl methyl sites for hydroxylation is 1. The lowest BCUT2D eigenvalue weighted by molar-refractivity contribution is -0.135. The van der Waals surface area contributed by atoms with Gasteiger partial charge in [-0.05, 0) is 38.0 Å². The number of esters is 1. The molecule has 0 aliphatic heterocycles. The van der Waals surface area contributed by atoms with Crippen LogP contribution in [-0.2, 0) is 16.1 Å². The maximum atomic E-state index is 12.3. The van der Waals surface area contributed by atoms with Crippen molar-refractivity contribution in [1.29, 1.82) is 0 Å². The van der Waals surface area contributed by atoms with Gasteiger partial charge in [-0.3, -0.25) is 4.79 Å². The van der Waals surface area contributed by atoms with Crippen molar-refractivity contribution in [2.45, 2.75) is 51.6 Å². The van der Waals surface area contributed by atoms with E-state index in [1.807, 2.05) is 6.92 Å². The lowest BCUT2D eigenvalue weighted by Gasteiger charge is -2.31. The first-order valence-corrected chi connectivity index (χ1v) is 8.86. The Morgan fingerprint density at radius 3 is 2.76 bits per heavy atom. The standard InChI is InChI=1S/C18H24N4O3/c1-3-22-16-10-9-13(11-15(16)19-20-22)18(24)25-12-17(23)21(2)14-7-5-4-6-8-14/h9-11,14H,3-8,12H2,1-2H3. The molecule has 1 aromatic carbocycles. The molecule has 0 bridgehead atoms. The molecule has 1 saturated carbocycles. The molecule has 0 spiro atoms. The lowest BCUT2D eigenvalue weighted by atomic mass is 9.94. The summed E-state index contributed by atoms with van der Waals surface area (Å²) in [7, 11) is 1.79. The third-order valence-corrected chi connectivity index (χ3v) is 4.89. The summed E-state index contributed by atoms with van der Waals surface area (Å²) >= 11 is 0. The van der Waals surface area contributed by atoms with Crippen molar-refractivity contribution >= 4 is 22.9 Å². The summed E-state index contributed by atoms with van der Waals surface area (Å²) in [5.41, 5.74) is 1.89. The van der Waals surface area contributed by atoms with Crippen LogP contribution in [0.2, 0.25) is 0 Å². The van der Waals surface area contributed by atoms with Crippen molar-refractivity contribution in [3.05, 3.63) is 23.8 Å². The summed E-state index contributed by atoms with van der Waals surface area (Å²) in [6.45, 7) is 2.46. The molecule has 1 aliphatic carbocycles. The largest absolute Gasteiger partial charge is 0.452 e. The van der Waals surface area contributed by atoms with E-state index in [0.29, 0.717) is 17.6 Å². The number of aromatic nitrogens is 3. The zero-order valence-electron chi connectivity index (χ0n) is 14.8. The van der Waals surface area contributed by atoms with Crippen LogP contribution in [0.3, 0.4) is 0 Å². The summed E-state index contributed by atoms with van der Waals surface area (Å²) in [5, 5.41) is 8.06. The van der Waals surface area contributed by atoms with Crippen LogP contribution in [0.1, 0.15) is 49.4 Å². The molecule has 2 aromatic rings. The number of hydrogen-bond donors (Lipinski definition) is 0. The van der Waals surface area contributed by atoms with Crippen LogP contribution in [0.15, 0.2) is 18.2 Å². The third kappa shape index (κ3) is 3.81. The molecule has 25 heavy (non-hydrogen) atoms. The number of hydrogen-bond acceptors (Lipinski definition) is 5. The van der Waals surface area contributed by atoms with E-state index in [9.17, 15) is 9.59 Å². The average molecular weight is 344 g/mol. The molecule has 0 atom stereocenters. The van der Waals surface area contributed by atoms with Gasteiger partial charge in [0.05, 0.1) is 11.1 Å². The van der Waals surface area contributed by atoms with Crippen LogP contribution in [0.5, 0.6) is 0 Å². The summed E-state index contributed by atoms with van der Waals surface area (Å²) in [6, 6.07) is 5.38. The van der Waals surface area contributed by atoms with Gasteiger partial charge in [-0.15, -0.1) is 5.10 Å². The van der Waals surface area contributed by atoms with Crippen LogP contribution in [0, 0.1) is 0 Å². The van der Waals surface area contributed by atoms with Crippen molar-refractivity contribution in [3.63, 3.8) is 0 Å². The average Bonchev–Trinajstić information content (AvgIpc) is 3.08. The Morgan fingerprint density at radius 1 is 1.28 bits per heavy atom. The van der Waals surface area contributed by atoms with Gasteiger partial charge in [0.2, 0.25) is 0 Å². The van der Waals surface area contributed by atoms with Crippen molar-refractivity contribution < 1.29 is 14.3 Å². The Hall–Kier alpha value is -2.44. The second-order valence-corrected chi connectivity index (χ2v) is 6.48. The first-order chi connectivity index (χ1) is 12.1. The van der Waals surface area contributed by atoms with Crippen LogP contribution in [0.4, 0.5) is 0 Å². The SMILES string of the molecule is CCn1nnc2cc(C(=O)OCC(=O)N(C)C3CCCCC3)ccc21. The molecule has 0 N–H and O–H groups in total. The van der Waals surface area contributed by atoms with E-state index >= 15 is 0 Å². The minimum absolute atomic E-state index is 0.154. The third-order valence-electron chi connectivity index (χ3n) is 4.89. The number of rotatable bonds is 5. The van der Waals surface area contributed by atoms with Gasteiger partial charge in [0.1, 0.15) is 5.52 Å². The monoisotopic (exact) mass is 344 g/mol. The molecule has 7 nitrogen and oxygen atoms in total. The van der Waals surface area contributed by atoms with E-state index in [2.05, 4.69) is 10.3 Å². The quantitative estimate of drug-likeness (QED) is 0.778. The lowest BCUT2D eigenvalue weighted by Crippen LogP contribution is -2.40. The fraction of sp³-hybridized carbons (Fsp3) is 0.556. The molecule has 1 aliphatic rings. The minimum atomic E-state index is -0.515. The van der Waals surface area contributed by atoms with Crippen LogP contribution in [0.25, 0.3) is 11.0 Å². The molecular weight excluding hydrogens is 320 g/mol. The van der Waals surface area contributed by atoms with E-state index < -0.39 is 5.97 Å². The van der Waals surface area contributed by atoms with Gasteiger partial charge in [0.15, 0.2) is 6.61 Å². The molecule has 3 rings (SSSR count). The van der Waals surface area contributed by atoms with E-state index in [-0.39, 0.29) is 18.6 Å². The van der Waals surface area contributed by atoms with Crippen LogP contribution in [-0.4, -0.2) is 51.5 Å². The molecule has 0 saturated heterocycles. The van der Waals surface area contributed by atoms with Gasteiger partial charge >= 0.3 is 5.97 Å². The van der Waals surface area contributed by atoms with Crippen molar-refractivity contribution in [3.8, 4) is 0 Å². The maximum Gasteiger partial charge on any atom is 0.338 e. The molecule has 134 valence electrons. The van der Waals surface area contributed by atoms with E-state index in [1.165, 1.54) is 6.42 Å². The molecule has 1 amide bonds. The smallest absolute Gasteiger partial charge is 0.338 e. The number of fused-ring (bicyclic) bond motifs is 1. The highest BCUT2D eigenvalue weighted by Crippen LogP contribution is 2.21. The molecule has 1 heterocycles. The Bertz CT molecular complexity index is 765. The number of nitrogens with zero attached hydrogens (tertiary/aromatic N) is 4. The summed E-state index contributed by atoms with van der Waals surface area (Å²) in [4.78, 5) is 26.2. The minimum Gasteiger partial charge on any atom is -0.452 e. The number of likely N-dealkylation sites (N-methyl/N-ethyl adjacent to an activating group) is 1. The van der Waals surface area contributed by atoms with Gasteiger partial charge in [-0.25, -0.2) is 9.48 Å². The predicted molar refractivity (Wildman–Crippen MR) is 93.1 cm³/mol. The second kappa shape index (κ2) is 7.63. The summed E-state index contributed by atoms with van der Waals surface area (Å²) in [6.07, 6.45) is 5.60. The number of ether oxygens (including phenoxy) is 1. The first-order valence-electron chi connectivity index (χ1n) is 8.86. The van der Waals surface area contributed by atoms with Crippen LogP contribution >= 0.6 is 0 Å². The Kier molecular flexibility index (Phi) is 5.31. The van der Waals surface area contributed by atoms with E-state index in [1.54, 1.807) is 34.8 Å². The summed E-state index contributed by atoms with van der Waals surface area (Å²) in [5.74, 6) is -0.670. The highest BCUT2D eigenvalue weighted by molar-refractivity contribution is 5.94. The maximum absolute atomic E-state index is 12.3. The Morgan fingerprint density at radius 2 is 2.04 bits per heavy atom. The van der Waals surface area contributed by atoms with Gasteiger partial charge in [0.25, 0.3) is 5.91 Å². The van der Waals surface area contributed by atoms with E-state index in [0.717, 1.165) is 31.2 Å². The molecule has 0 radical (unpaired) electrons. The molecule has 0 unspecified atom stereocenters. The van der Waals surface area contributed by atoms with Gasteiger partial charge in [0, 0.05) is 19.6 Å². The highest BCUT2D eigenvalue weighted by Gasteiger charge is 2.23. The van der Waals surface area contributed by atoms with E-state index in [4.69, 9.17) is 4.74 Å². The first kappa shape index (κ1) is 17.4. The van der Waals surface area contributed by atoms with Crippen LogP contribution < -0.4 is 0 Å². The normalized spacial score (nSPS) is 15.3. The molecular formula is C18H24N4O3. The fourth-order valence-corrected chi connectivity index (χ4v) is 3.32. The number of carbonyl (C=O) groups is 2. The van der Waals surface area contributed by atoms with Crippen molar-refractivity contribution in [1.82, 2.24) is 19.9 Å². The Balaban J connectivity index is 1.59. The highest BCUT2D eigenvalue weighted by atomic mass is 16.5. The van der Waals surface area contributed by atoms with Crippen molar-refractivity contribution in [2.24, 2.45) is 0 Å². The number of amides is 1. The van der Waals surface area contributed by atoms with Crippen molar-refractivity contribution in [2.75, 3.05) is 13.7 Å². The van der Waals surface area contributed by atoms with Gasteiger partial charge in [-0.1, -0.05) is 24.5 Å². The zero-order chi connectivity index (χ0) is 17.8.